The van der Waals surface area contributed by atoms with Gasteiger partial charge >= 0.3 is 0 Å². The predicted molar refractivity (Wildman–Crippen MR) is 110 cm³/mol. The number of thiazole rings is 1. The summed E-state index contributed by atoms with van der Waals surface area (Å²) in [5.74, 6) is 0.413. The molecule has 26 heavy (non-hydrogen) atoms. The molecule has 0 amide bonds. The Balaban J connectivity index is 2.06. The molecular formula is C22H28N2OS. The molecule has 4 heteroatoms. The summed E-state index contributed by atoms with van der Waals surface area (Å²) in [6.45, 7) is 13.6. The molecule has 0 aliphatic carbocycles. The second kappa shape index (κ2) is 6.58. The van der Waals surface area contributed by atoms with E-state index in [0.717, 1.165) is 33.9 Å². The lowest BCUT2D eigenvalue weighted by atomic mass is 9.78. The quantitative estimate of drug-likeness (QED) is 0.619. The fourth-order valence-electron chi connectivity index (χ4n) is 3.07. The molecule has 138 valence electrons. The lowest BCUT2D eigenvalue weighted by Gasteiger charge is -2.28. The van der Waals surface area contributed by atoms with Crippen LogP contribution in [-0.4, -0.2) is 14.7 Å². The first kappa shape index (κ1) is 18.7. The van der Waals surface area contributed by atoms with Crippen LogP contribution in [0.4, 0.5) is 0 Å². The van der Waals surface area contributed by atoms with Gasteiger partial charge in [-0.1, -0.05) is 41.5 Å². The van der Waals surface area contributed by atoms with Crippen molar-refractivity contribution in [2.45, 2.75) is 58.9 Å². The number of benzene rings is 1. The molecule has 3 aromatic rings. The Morgan fingerprint density at radius 1 is 0.962 bits per heavy atom. The van der Waals surface area contributed by atoms with Crippen molar-refractivity contribution < 1.29 is 5.11 Å². The van der Waals surface area contributed by atoms with E-state index in [9.17, 15) is 5.11 Å². The average Bonchev–Trinajstić information content (AvgIpc) is 3.17. The molecule has 2 aromatic heterocycles. The first-order chi connectivity index (χ1) is 12.1. The normalized spacial score (nSPS) is 12.5. The van der Waals surface area contributed by atoms with E-state index in [-0.39, 0.29) is 10.8 Å². The molecular weight excluding hydrogens is 340 g/mol. The Kier molecular flexibility index (Phi) is 4.74. The Hall–Kier alpha value is -2.07. The zero-order valence-corrected chi connectivity index (χ0v) is 17.3. The Morgan fingerprint density at radius 2 is 1.50 bits per heavy atom. The van der Waals surface area contributed by atoms with Crippen LogP contribution in [0.3, 0.4) is 0 Å². The summed E-state index contributed by atoms with van der Waals surface area (Å²) in [6.07, 6.45) is 4.11. The van der Waals surface area contributed by atoms with Crippen molar-refractivity contribution in [3.63, 3.8) is 0 Å². The van der Waals surface area contributed by atoms with E-state index >= 15 is 0 Å². The number of aromatic nitrogens is 2. The van der Waals surface area contributed by atoms with Gasteiger partial charge in [0.15, 0.2) is 0 Å². The summed E-state index contributed by atoms with van der Waals surface area (Å²) in [5, 5.41) is 14.1. The van der Waals surface area contributed by atoms with Crippen molar-refractivity contribution >= 4 is 11.3 Å². The van der Waals surface area contributed by atoms with Crippen LogP contribution < -0.4 is 0 Å². The van der Waals surface area contributed by atoms with Crippen molar-refractivity contribution in [3.8, 4) is 17.0 Å². The predicted octanol–water partition coefficient (Wildman–Crippen LogP) is 5.96. The summed E-state index contributed by atoms with van der Waals surface area (Å²) < 4.78 is 2.13. The van der Waals surface area contributed by atoms with Gasteiger partial charge in [-0.15, -0.1) is 11.3 Å². The highest BCUT2D eigenvalue weighted by Gasteiger charge is 2.27. The molecule has 0 radical (unpaired) electrons. The van der Waals surface area contributed by atoms with E-state index in [4.69, 9.17) is 4.98 Å². The van der Waals surface area contributed by atoms with Gasteiger partial charge in [-0.3, -0.25) is 0 Å². The Bertz CT molecular complexity index is 858. The van der Waals surface area contributed by atoms with Crippen molar-refractivity contribution in [2.75, 3.05) is 0 Å². The molecule has 0 aliphatic rings. The van der Waals surface area contributed by atoms with Crippen LogP contribution in [-0.2, 0) is 17.4 Å². The van der Waals surface area contributed by atoms with Gasteiger partial charge in [0.05, 0.1) is 12.2 Å². The number of rotatable bonds is 3. The summed E-state index contributed by atoms with van der Waals surface area (Å²) in [5.41, 5.74) is 3.73. The number of phenols is 1. The maximum Gasteiger partial charge on any atom is 0.123 e. The summed E-state index contributed by atoms with van der Waals surface area (Å²) in [7, 11) is 0. The smallest absolute Gasteiger partial charge is 0.123 e. The van der Waals surface area contributed by atoms with E-state index in [1.807, 2.05) is 12.1 Å². The minimum atomic E-state index is -0.135. The highest BCUT2D eigenvalue weighted by atomic mass is 32.1. The van der Waals surface area contributed by atoms with Gasteiger partial charge in [-0.2, -0.15) is 0 Å². The van der Waals surface area contributed by atoms with E-state index in [1.54, 1.807) is 11.3 Å². The third-order valence-corrected chi connectivity index (χ3v) is 5.39. The Labute approximate surface area is 160 Å². The first-order valence-electron chi connectivity index (χ1n) is 8.99. The highest BCUT2D eigenvalue weighted by Crippen LogP contribution is 2.42. The highest BCUT2D eigenvalue weighted by molar-refractivity contribution is 7.09. The van der Waals surface area contributed by atoms with Crippen molar-refractivity contribution in [2.24, 2.45) is 0 Å². The molecule has 0 aliphatic heterocycles. The van der Waals surface area contributed by atoms with Crippen LogP contribution in [0.25, 0.3) is 11.3 Å². The monoisotopic (exact) mass is 368 g/mol. The largest absolute Gasteiger partial charge is 0.507 e. The van der Waals surface area contributed by atoms with Crippen LogP contribution in [0.5, 0.6) is 5.75 Å². The van der Waals surface area contributed by atoms with E-state index in [1.165, 1.54) is 0 Å². The zero-order chi connectivity index (χ0) is 19.1. The molecule has 0 bridgehead atoms. The number of phenolic OH excluding ortho intramolecular Hbond substituents is 1. The van der Waals surface area contributed by atoms with Crippen LogP contribution in [0.2, 0.25) is 0 Å². The minimum Gasteiger partial charge on any atom is -0.507 e. The first-order valence-corrected chi connectivity index (χ1v) is 9.87. The summed E-state index contributed by atoms with van der Waals surface area (Å²) in [6, 6.07) is 8.25. The molecule has 0 saturated carbocycles. The van der Waals surface area contributed by atoms with Gasteiger partial charge in [0.1, 0.15) is 10.8 Å². The molecule has 2 heterocycles. The molecule has 1 aromatic carbocycles. The third kappa shape index (κ3) is 3.85. The van der Waals surface area contributed by atoms with Crippen molar-refractivity contribution in [1.82, 2.24) is 9.55 Å². The van der Waals surface area contributed by atoms with Crippen molar-refractivity contribution in [1.29, 1.82) is 0 Å². The van der Waals surface area contributed by atoms with Gasteiger partial charge < -0.3 is 9.67 Å². The molecule has 0 fully saturated rings. The van der Waals surface area contributed by atoms with Crippen LogP contribution in [0, 0.1) is 0 Å². The van der Waals surface area contributed by atoms with Gasteiger partial charge in [0, 0.05) is 34.5 Å². The topological polar surface area (TPSA) is 38.0 Å². The van der Waals surface area contributed by atoms with Gasteiger partial charge in [-0.25, -0.2) is 4.98 Å². The van der Waals surface area contributed by atoms with Gasteiger partial charge in [-0.05, 0) is 35.1 Å². The standard InChI is InChI=1S/C22H28N2OS/c1-21(2,3)16-11-15(12-17(20(16)25)22(4,5)6)18-14-26-19(23-18)13-24-9-7-8-10-24/h7-12,14,25H,13H2,1-6H3. The number of hydrogen-bond acceptors (Lipinski definition) is 3. The van der Waals surface area contributed by atoms with Crippen LogP contribution in [0.15, 0.2) is 42.0 Å². The van der Waals surface area contributed by atoms with Crippen LogP contribution in [0.1, 0.15) is 57.7 Å². The Morgan fingerprint density at radius 3 is 2.00 bits per heavy atom. The van der Waals surface area contributed by atoms with Gasteiger partial charge in [0.25, 0.3) is 0 Å². The second-order valence-electron chi connectivity index (χ2n) is 8.90. The van der Waals surface area contributed by atoms with Gasteiger partial charge in [0.2, 0.25) is 0 Å². The second-order valence-corrected chi connectivity index (χ2v) is 9.84. The SMILES string of the molecule is CC(C)(C)c1cc(-c2csc(Cn3cccc3)n2)cc(C(C)(C)C)c1O. The summed E-state index contributed by atoms with van der Waals surface area (Å²) >= 11 is 1.68. The lowest BCUT2D eigenvalue weighted by Crippen LogP contribution is -2.17. The molecule has 3 rings (SSSR count). The fraction of sp³-hybridized carbons (Fsp3) is 0.409. The molecule has 0 unspecified atom stereocenters. The average molecular weight is 369 g/mol. The number of aromatic hydroxyl groups is 1. The minimum absolute atomic E-state index is 0.135. The lowest BCUT2D eigenvalue weighted by molar-refractivity contribution is 0.423. The number of hydrogen-bond donors (Lipinski definition) is 1. The van der Waals surface area contributed by atoms with E-state index < -0.39 is 0 Å². The summed E-state index contributed by atoms with van der Waals surface area (Å²) in [4.78, 5) is 4.85. The molecule has 0 spiro atoms. The molecule has 0 atom stereocenters. The van der Waals surface area contributed by atoms with Crippen LogP contribution >= 0.6 is 11.3 Å². The molecule has 0 saturated heterocycles. The molecule has 1 N–H and O–H groups in total. The maximum atomic E-state index is 10.9. The number of nitrogens with zero attached hydrogens (tertiary/aromatic N) is 2. The zero-order valence-electron chi connectivity index (χ0n) is 16.5. The third-order valence-electron chi connectivity index (χ3n) is 4.56. The maximum absolute atomic E-state index is 10.9. The van der Waals surface area contributed by atoms with E-state index in [2.05, 4.69) is 76.0 Å². The fourth-order valence-corrected chi connectivity index (χ4v) is 3.88. The van der Waals surface area contributed by atoms with Crippen molar-refractivity contribution in [3.05, 3.63) is 58.2 Å². The van der Waals surface area contributed by atoms with E-state index in [0.29, 0.717) is 5.75 Å². The molecule has 3 nitrogen and oxygen atoms in total.